The number of nitrogens with two attached hydrogens (primary N) is 1. The zero-order valence-corrected chi connectivity index (χ0v) is 6.84. The van der Waals surface area contributed by atoms with Crippen LogP contribution in [0.5, 0.6) is 0 Å². The van der Waals surface area contributed by atoms with Gasteiger partial charge in [-0.3, -0.25) is 4.57 Å². The molecule has 1 rings (SSSR count). The predicted octanol–water partition coefficient (Wildman–Crippen LogP) is 0.574. The maximum atomic E-state index is 11.2. The maximum absolute atomic E-state index is 11.2. The van der Waals surface area contributed by atoms with Crippen LogP contribution in [-0.4, -0.2) is 25.4 Å². The van der Waals surface area contributed by atoms with Crippen molar-refractivity contribution in [3.63, 3.8) is 0 Å². The summed E-state index contributed by atoms with van der Waals surface area (Å²) in [6.45, 7) is 2.48. The molecule has 4 nitrogen and oxygen atoms in total. The summed E-state index contributed by atoms with van der Waals surface area (Å²) < 4.78 is 21.1. The lowest BCUT2D eigenvalue weighted by Crippen LogP contribution is -2.34. The fraction of sp³-hybridized carbons (Fsp3) is 1.00. The van der Waals surface area contributed by atoms with E-state index in [2.05, 4.69) is 0 Å². The average molecular weight is 165 g/mol. The maximum Gasteiger partial charge on any atom is 0.330 e. The van der Waals surface area contributed by atoms with Gasteiger partial charge in [-0.15, -0.1) is 0 Å². The van der Waals surface area contributed by atoms with E-state index in [4.69, 9.17) is 14.8 Å². The fourth-order valence-electron chi connectivity index (χ4n) is 0.687. The summed E-state index contributed by atoms with van der Waals surface area (Å²) >= 11 is 0. The number of rotatable bonds is 1. The van der Waals surface area contributed by atoms with Crippen molar-refractivity contribution in [2.75, 3.05) is 19.4 Å². The molecule has 0 atom stereocenters. The predicted molar refractivity (Wildman–Crippen MR) is 38.0 cm³/mol. The topological polar surface area (TPSA) is 61.5 Å². The first-order valence-corrected chi connectivity index (χ1v) is 5.03. The molecule has 0 radical (unpaired) electrons. The van der Waals surface area contributed by atoms with Crippen LogP contribution in [0.4, 0.5) is 0 Å². The lowest BCUT2D eigenvalue weighted by atomic mass is 10.4. The molecule has 5 heteroatoms. The molecule has 2 N–H and O–H groups in total. The van der Waals surface area contributed by atoms with Crippen LogP contribution in [0.15, 0.2) is 0 Å². The summed E-state index contributed by atoms with van der Waals surface area (Å²) in [4.78, 5) is 0. The highest BCUT2D eigenvalue weighted by Gasteiger charge is 2.28. The molecule has 0 aliphatic carbocycles. The quantitative estimate of drug-likeness (QED) is 0.577. The Morgan fingerprint density at radius 2 is 2.10 bits per heavy atom. The van der Waals surface area contributed by atoms with Gasteiger partial charge in [-0.25, -0.2) is 0 Å². The van der Waals surface area contributed by atoms with Crippen molar-refractivity contribution in [1.82, 2.24) is 0 Å². The summed E-state index contributed by atoms with van der Waals surface area (Å²) in [7, 11) is -2.71. The molecule has 0 aromatic heterocycles. The molecular formula is C5H12NO3P. The van der Waals surface area contributed by atoms with Crippen molar-refractivity contribution >= 4 is 7.60 Å². The molecule has 0 amide bonds. The minimum Gasteiger partial charge on any atom is -0.324 e. The van der Waals surface area contributed by atoms with Crippen LogP contribution in [0.25, 0.3) is 0 Å². The summed E-state index contributed by atoms with van der Waals surface area (Å²) in [5.74, 6) is 0. The average Bonchev–Trinajstić information content (AvgIpc) is 1.96. The van der Waals surface area contributed by atoms with E-state index < -0.39 is 7.60 Å². The molecule has 10 heavy (non-hydrogen) atoms. The lowest BCUT2D eigenvalue weighted by Gasteiger charge is -2.25. The van der Waals surface area contributed by atoms with Gasteiger partial charge >= 0.3 is 7.60 Å². The van der Waals surface area contributed by atoms with Gasteiger partial charge in [-0.05, 0) is 0 Å². The SMILES string of the molecule is CCP1(=O)OCC(N)CO1. The summed E-state index contributed by atoms with van der Waals surface area (Å²) in [5.41, 5.74) is 5.44. The molecule has 1 fully saturated rings. The second-order valence-corrected chi connectivity index (χ2v) is 4.65. The summed E-state index contributed by atoms with van der Waals surface area (Å²) in [6, 6.07) is -0.117. The van der Waals surface area contributed by atoms with E-state index in [1.54, 1.807) is 6.92 Å². The van der Waals surface area contributed by atoms with Crippen molar-refractivity contribution in [2.24, 2.45) is 5.73 Å². The second-order valence-electron chi connectivity index (χ2n) is 2.28. The van der Waals surface area contributed by atoms with Crippen molar-refractivity contribution in [3.05, 3.63) is 0 Å². The van der Waals surface area contributed by atoms with E-state index in [0.717, 1.165) is 0 Å². The van der Waals surface area contributed by atoms with E-state index in [1.165, 1.54) is 0 Å². The highest BCUT2D eigenvalue weighted by atomic mass is 31.2. The van der Waals surface area contributed by atoms with Crippen LogP contribution in [-0.2, 0) is 13.6 Å². The van der Waals surface area contributed by atoms with E-state index >= 15 is 0 Å². The zero-order chi connectivity index (χ0) is 7.61. The Labute approximate surface area is 60.2 Å². The molecule has 1 aliphatic rings. The van der Waals surface area contributed by atoms with E-state index in [1.807, 2.05) is 0 Å². The molecule has 0 aromatic rings. The van der Waals surface area contributed by atoms with Crippen LogP contribution in [0.3, 0.4) is 0 Å². The van der Waals surface area contributed by atoms with Gasteiger partial charge in [0.2, 0.25) is 0 Å². The Balaban J connectivity index is 2.46. The van der Waals surface area contributed by atoms with E-state index in [9.17, 15) is 4.57 Å². The van der Waals surface area contributed by atoms with Gasteiger partial charge < -0.3 is 14.8 Å². The first-order chi connectivity index (χ1) is 4.66. The van der Waals surface area contributed by atoms with Crippen LogP contribution in [0.2, 0.25) is 0 Å². The highest BCUT2D eigenvalue weighted by molar-refractivity contribution is 7.53. The minimum absolute atomic E-state index is 0.117. The molecule has 1 saturated heterocycles. The Kier molecular flexibility index (Phi) is 2.47. The third-order valence-corrected chi connectivity index (χ3v) is 3.22. The monoisotopic (exact) mass is 165 g/mol. The van der Waals surface area contributed by atoms with Crippen LogP contribution in [0.1, 0.15) is 6.92 Å². The standard InChI is InChI=1S/C5H12NO3P/c1-2-10(7)8-3-5(6)4-9-10/h5H,2-4,6H2,1H3. The van der Waals surface area contributed by atoms with Gasteiger partial charge in [0.25, 0.3) is 0 Å². The number of hydrogen-bond donors (Lipinski definition) is 1. The van der Waals surface area contributed by atoms with Gasteiger partial charge in [0.05, 0.1) is 19.3 Å². The molecule has 1 heterocycles. The third kappa shape index (κ3) is 1.80. The van der Waals surface area contributed by atoms with E-state index in [-0.39, 0.29) is 6.04 Å². The molecule has 1 aliphatic heterocycles. The highest BCUT2D eigenvalue weighted by Crippen LogP contribution is 2.49. The molecule has 0 spiro atoms. The zero-order valence-electron chi connectivity index (χ0n) is 5.95. The van der Waals surface area contributed by atoms with Gasteiger partial charge in [0, 0.05) is 6.16 Å². The molecule has 60 valence electrons. The molecule has 0 unspecified atom stereocenters. The van der Waals surface area contributed by atoms with Crippen LogP contribution >= 0.6 is 7.60 Å². The van der Waals surface area contributed by atoms with Crippen molar-refractivity contribution in [3.8, 4) is 0 Å². The first-order valence-electron chi connectivity index (χ1n) is 3.30. The number of hydrogen-bond acceptors (Lipinski definition) is 4. The summed E-state index contributed by atoms with van der Waals surface area (Å²) in [6.07, 6.45) is 0.430. The van der Waals surface area contributed by atoms with Crippen LogP contribution in [0, 0.1) is 0 Å². The Morgan fingerprint density at radius 3 is 2.50 bits per heavy atom. The first kappa shape index (κ1) is 8.21. The van der Waals surface area contributed by atoms with Gasteiger partial charge in [0.15, 0.2) is 0 Å². The lowest BCUT2D eigenvalue weighted by molar-refractivity contribution is 0.128. The Bertz CT molecular complexity index is 149. The van der Waals surface area contributed by atoms with E-state index in [0.29, 0.717) is 19.4 Å². The fourth-order valence-corrected chi connectivity index (χ4v) is 1.96. The molecular weight excluding hydrogens is 153 g/mol. The Morgan fingerprint density at radius 1 is 1.60 bits per heavy atom. The Hall–Kier alpha value is 0.110. The molecule has 0 aromatic carbocycles. The van der Waals surface area contributed by atoms with Gasteiger partial charge in [-0.2, -0.15) is 0 Å². The van der Waals surface area contributed by atoms with Crippen molar-refractivity contribution < 1.29 is 13.6 Å². The van der Waals surface area contributed by atoms with Crippen molar-refractivity contribution in [1.29, 1.82) is 0 Å². The van der Waals surface area contributed by atoms with Gasteiger partial charge in [0.1, 0.15) is 0 Å². The molecule has 0 bridgehead atoms. The molecule has 0 saturated carbocycles. The van der Waals surface area contributed by atoms with Gasteiger partial charge in [-0.1, -0.05) is 6.92 Å². The van der Waals surface area contributed by atoms with Crippen LogP contribution < -0.4 is 5.73 Å². The summed E-state index contributed by atoms with van der Waals surface area (Å²) in [5, 5.41) is 0. The van der Waals surface area contributed by atoms with Crippen molar-refractivity contribution in [2.45, 2.75) is 13.0 Å². The minimum atomic E-state index is -2.71. The largest absolute Gasteiger partial charge is 0.330 e. The second kappa shape index (κ2) is 3.01. The third-order valence-electron chi connectivity index (χ3n) is 1.36. The smallest absolute Gasteiger partial charge is 0.324 e. The normalized spacial score (nSPS) is 41.6.